The van der Waals surface area contributed by atoms with Crippen molar-refractivity contribution in [3.8, 4) is 0 Å². The standard InChI is InChI=1S/C15H27O6P/c1-7-19-22(17,20-8-2)21-14(11-15(16)18-6)10-9-13(5)12(3)4/h11,13H,3,7-10H2,1-2,4-6H3/b14-11-/t13-/m0/s1. The van der Waals surface area contributed by atoms with Gasteiger partial charge in [0, 0.05) is 6.42 Å². The van der Waals surface area contributed by atoms with E-state index >= 15 is 0 Å². The number of hydrogen-bond acceptors (Lipinski definition) is 6. The molecule has 0 aromatic rings. The van der Waals surface area contributed by atoms with Crippen LogP contribution in [0.15, 0.2) is 24.0 Å². The molecule has 0 bridgehead atoms. The molecule has 1 atom stereocenters. The van der Waals surface area contributed by atoms with Gasteiger partial charge in [-0.3, -0.25) is 9.05 Å². The third kappa shape index (κ3) is 8.37. The second-order valence-corrected chi connectivity index (χ2v) is 6.39. The largest absolute Gasteiger partial charge is 0.529 e. The molecule has 0 unspecified atom stereocenters. The van der Waals surface area contributed by atoms with Gasteiger partial charge in [0.1, 0.15) is 5.76 Å². The average molecular weight is 334 g/mol. The Morgan fingerprint density at radius 3 is 2.23 bits per heavy atom. The van der Waals surface area contributed by atoms with Crippen molar-refractivity contribution >= 4 is 13.8 Å². The number of allylic oxidation sites excluding steroid dienone is 2. The van der Waals surface area contributed by atoms with Crippen molar-refractivity contribution in [1.82, 2.24) is 0 Å². The number of phosphoric ester groups is 1. The summed E-state index contributed by atoms with van der Waals surface area (Å²) in [7, 11) is -2.46. The predicted molar refractivity (Wildman–Crippen MR) is 85.3 cm³/mol. The topological polar surface area (TPSA) is 71.1 Å². The van der Waals surface area contributed by atoms with Crippen LogP contribution in [0.5, 0.6) is 0 Å². The maximum Gasteiger partial charge on any atom is 0.529 e. The smallest absolute Gasteiger partial charge is 0.466 e. The highest BCUT2D eigenvalue weighted by atomic mass is 31.2. The van der Waals surface area contributed by atoms with Crippen molar-refractivity contribution in [2.45, 2.75) is 40.5 Å². The number of methoxy groups -OCH3 is 1. The number of esters is 1. The van der Waals surface area contributed by atoms with E-state index in [1.54, 1.807) is 13.8 Å². The second-order valence-electron chi connectivity index (χ2n) is 4.79. The van der Waals surface area contributed by atoms with Gasteiger partial charge in [-0.2, -0.15) is 0 Å². The van der Waals surface area contributed by atoms with E-state index in [1.165, 1.54) is 7.11 Å². The van der Waals surface area contributed by atoms with Crippen molar-refractivity contribution in [1.29, 1.82) is 0 Å². The van der Waals surface area contributed by atoms with E-state index in [0.29, 0.717) is 12.8 Å². The van der Waals surface area contributed by atoms with Crippen LogP contribution in [-0.2, 0) is 27.7 Å². The fraction of sp³-hybridized carbons (Fsp3) is 0.667. The lowest BCUT2D eigenvalue weighted by atomic mass is 9.98. The van der Waals surface area contributed by atoms with Gasteiger partial charge in [0.15, 0.2) is 0 Å². The molecule has 6 nitrogen and oxygen atoms in total. The first kappa shape index (κ1) is 20.9. The first-order valence-electron chi connectivity index (χ1n) is 7.30. The number of hydrogen-bond donors (Lipinski definition) is 0. The Morgan fingerprint density at radius 1 is 1.27 bits per heavy atom. The molecule has 0 heterocycles. The summed E-state index contributed by atoms with van der Waals surface area (Å²) in [4.78, 5) is 11.4. The van der Waals surface area contributed by atoms with E-state index in [2.05, 4.69) is 11.3 Å². The maximum atomic E-state index is 12.4. The molecule has 0 aliphatic carbocycles. The quantitative estimate of drug-likeness (QED) is 0.185. The van der Waals surface area contributed by atoms with Gasteiger partial charge in [0.05, 0.1) is 26.4 Å². The molecule has 0 fully saturated rings. The highest BCUT2D eigenvalue weighted by Gasteiger charge is 2.28. The Hall–Kier alpha value is -1.10. The molecule has 0 aliphatic heterocycles. The van der Waals surface area contributed by atoms with E-state index in [4.69, 9.17) is 13.6 Å². The van der Waals surface area contributed by atoms with Crippen molar-refractivity contribution in [2.75, 3.05) is 20.3 Å². The normalized spacial score (nSPS) is 13.6. The minimum absolute atomic E-state index is 0.172. The Morgan fingerprint density at radius 2 is 1.82 bits per heavy atom. The molecule has 22 heavy (non-hydrogen) atoms. The molecule has 7 heteroatoms. The van der Waals surface area contributed by atoms with Gasteiger partial charge in [-0.1, -0.05) is 19.1 Å². The molecule has 0 spiro atoms. The molecule has 0 amide bonds. The van der Waals surface area contributed by atoms with E-state index < -0.39 is 13.8 Å². The highest BCUT2D eigenvalue weighted by molar-refractivity contribution is 7.48. The van der Waals surface area contributed by atoms with E-state index in [-0.39, 0.29) is 24.9 Å². The average Bonchev–Trinajstić information content (AvgIpc) is 2.44. The van der Waals surface area contributed by atoms with Gasteiger partial charge in [-0.25, -0.2) is 9.36 Å². The first-order valence-corrected chi connectivity index (χ1v) is 8.76. The van der Waals surface area contributed by atoms with Gasteiger partial charge in [-0.05, 0) is 33.1 Å². The summed E-state index contributed by atoms with van der Waals surface area (Å²) in [5.41, 5.74) is 1.02. The zero-order valence-corrected chi connectivity index (χ0v) is 15.0. The zero-order chi connectivity index (χ0) is 17.2. The van der Waals surface area contributed by atoms with Crippen LogP contribution in [0.1, 0.15) is 40.5 Å². The van der Waals surface area contributed by atoms with Crippen LogP contribution in [0.4, 0.5) is 0 Å². The molecule has 0 aromatic carbocycles. The van der Waals surface area contributed by atoms with E-state index in [0.717, 1.165) is 11.6 Å². The molecule has 128 valence electrons. The molecule has 0 aliphatic rings. The molecule has 0 saturated heterocycles. The van der Waals surface area contributed by atoms with Crippen molar-refractivity contribution in [3.05, 3.63) is 24.0 Å². The number of rotatable bonds is 11. The lowest BCUT2D eigenvalue weighted by molar-refractivity contribution is -0.135. The molecule has 0 N–H and O–H groups in total. The zero-order valence-electron chi connectivity index (χ0n) is 14.1. The Bertz CT molecular complexity index is 433. The van der Waals surface area contributed by atoms with Crippen molar-refractivity contribution < 1.29 is 27.7 Å². The molecular weight excluding hydrogens is 307 g/mol. The minimum atomic E-state index is -3.72. The minimum Gasteiger partial charge on any atom is -0.466 e. The van der Waals surface area contributed by atoms with Gasteiger partial charge in [0.2, 0.25) is 0 Å². The Labute approximate surface area is 133 Å². The predicted octanol–water partition coefficient (Wildman–Crippen LogP) is 4.23. The van der Waals surface area contributed by atoms with Gasteiger partial charge >= 0.3 is 13.8 Å². The van der Waals surface area contributed by atoms with Crippen LogP contribution in [0.25, 0.3) is 0 Å². The summed E-state index contributed by atoms with van der Waals surface area (Å²) in [6.45, 7) is 11.5. The van der Waals surface area contributed by atoms with Crippen LogP contribution in [0, 0.1) is 5.92 Å². The van der Waals surface area contributed by atoms with Gasteiger partial charge in [-0.15, -0.1) is 0 Å². The summed E-state index contributed by atoms with van der Waals surface area (Å²) in [5.74, 6) is -0.133. The van der Waals surface area contributed by atoms with Gasteiger partial charge < -0.3 is 9.26 Å². The maximum absolute atomic E-state index is 12.4. The number of carbonyl (C=O) groups excluding carboxylic acids is 1. The monoisotopic (exact) mass is 334 g/mol. The van der Waals surface area contributed by atoms with Crippen molar-refractivity contribution in [3.63, 3.8) is 0 Å². The third-order valence-corrected chi connectivity index (χ3v) is 4.56. The molecule has 0 aromatic heterocycles. The molecular formula is C15H27O6P. The summed E-state index contributed by atoms with van der Waals surface area (Å²) in [5, 5.41) is 0. The summed E-state index contributed by atoms with van der Waals surface area (Å²) in [6.07, 6.45) is 2.25. The van der Waals surface area contributed by atoms with E-state index in [1.807, 2.05) is 13.8 Å². The fourth-order valence-corrected chi connectivity index (χ4v) is 2.73. The SMILES string of the molecule is C=C(C)[C@@H](C)CC/C(=C/C(=O)OC)OP(=O)(OCC)OCC. The van der Waals surface area contributed by atoms with Crippen LogP contribution >= 0.6 is 7.82 Å². The Kier molecular flexibility index (Phi) is 10.1. The third-order valence-electron chi connectivity index (χ3n) is 2.95. The Balaban J connectivity index is 5.07. The number of phosphoric acid groups is 1. The lowest BCUT2D eigenvalue weighted by Crippen LogP contribution is -2.05. The van der Waals surface area contributed by atoms with Crippen LogP contribution in [-0.4, -0.2) is 26.3 Å². The molecule has 0 radical (unpaired) electrons. The van der Waals surface area contributed by atoms with E-state index in [9.17, 15) is 9.36 Å². The van der Waals surface area contributed by atoms with Crippen LogP contribution in [0.2, 0.25) is 0 Å². The first-order chi connectivity index (χ1) is 10.3. The van der Waals surface area contributed by atoms with Crippen LogP contribution < -0.4 is 0 Å². The van der Waals surface area contributed by atoms with Gasteiger partial charge in [0.25, 0.3) is 0 Å². The van der Waals surface area contributed by atoms with Crippen LogP contribution in [0.3, 0.4) is 0 Å². The molecule has 0 saturated carbocycles. The summed E-state index contributed by atoms with van der Waals surface area (Å²) in [6, 6.07) is 0. The highest BCUT2D eigenvalue weighted by Crippen LogP contribution is 2.51. The summed E-state index contributed by atoms with van der Waals surface area (Å²) < 4.78 is 32.5. The number of carbonyl (C=O) groups is 1. The summed E-state index contributed by atoms with van der Waals surface area (Å²) >= 11 is 0. The number of ether oxygens (including phenoxy) is 1. The molecule has 0 rings (SSSR count). The lowest BCUT2D eigenvalue weighted by Gasteiger charge is -2.20. The second kappa shape index (κ2) is 10.6. The fourth-order valence-electron chi connectivity index (χ4n) is 1.49. The van der Waals surface area contributed by atoms with Crippen molar-refractivity contribution in [2.24, 2.45) is 5.92 Å².